The SMILES string of the molecule is CCN(Cc1ccccc1Cl)c1cccs1. The van der Waals surface area contributed by atoms with E-state index in [1.807, 2.05) is 18.2 Å². The Balaban J connectivity index is 2.17. The molecule has 0 radical (unpaired) electrons. The largest absolute Gasteiger partial charge is 0.359 e. The van der Waals surface area contributed by atoms with Crippen molar-refractivity contribution in [1.29, 1.82) is 0 Å². The Morgan fingerprint density at radius 3 is 2.62 bits per heavy atom. The van der Waals surface area contributed by atoms with Crippen molar-refractivity contribution < 1.29 is 0 Å². The van der Waals surface area contributed by atoms with Gasteiger partial charge in [0.2, 0.25) is 0 Å². The van der Waals surface area contributed by atoms with Gasteiger partial charge in [-0.2, -0.15) is 0 Å². The monoisotopic (exact) mass is 251 g/mol. The smallest absolute Gasteiger partial charge is 0.0911 e. The molecule has 0 aliphatic heterocycles. The second-order valence-corrected chi connectivity index (χ2v) is 4.89. The van der Waals surface area contributed by atoms with Gasteiger partial charge in [-0.15, -0.1) is 11.3 Å². The third-order valence-electron chi connectivity index (χ3n) is 2.52. The van der Waals surface area contributed by atoms with Gasteiger partial charge < -0.3 is 4.90 Å². The molecule has 0 saturated heterocycles. The zero-order valence-corrected chi connectivity index (χ0v) is 10.8. The van der Waals surface area contributed by atoms with Crippen molar-refractivity contribution in [3.8, 4) is 0 Å². The second-order valence-electron chi connectivity index (χ2n) is 3.56. The molecule has 1 nitrogen and oxygen atoms in total. The summed E-state index contributed by atoms with van der Waals surface area (Å²) < 4.78 is 0. The molecule has 0 atom stereocenters. The molecule has 0 aliphatic rings. The van der Waals surface area contributed by atoms with Gasteiger partial charge in [0.15, 0.2) is 0 Å². The Morgan fingerprint density at radius 2 is 2.00 bits per heavy atom. The van der Waals surface area contributed by atoms with Crippen LogP contribution in [0.25, 0.3) is 0 Å². The molecule has 0 amide bonds. The van der Waals surface area contributed by atoms with Crippen molar-refractivity contribution in [2.75, 3.05) is 11.4 Å². The van der Waals surface area contributed by atoms with Crippen LogP contribution in [-0.2, 0) is 6.54 Å². The third kappa shape index (κ3) is 2.57. The van der Waals surface area contributed by atoms with Crippen LogP contribution in [-0.4, -0.2) is 6.54 Å². The highest BCUT2D eigenvalue weighted by atomic mass is 35.5. The van der Waals surface area contributed by atoms with Crippen LogP contribution in [0.2, 0.25) is 5.02 Å². The number of halogens is 1. The Labute approximate surface area is 105 Å². The summed E-state index contributed by atoms with van der Waals surface area (Å²) >= 11 is 7.93. The van der Waals surface area contributed by atoms with Crippen LogP contribution in [0.5, 0.6) is 0 Å². The van der Waals surface area contributed by atoms with Gasteiger partial charge >= 0.3 is 0 Å². The molecule has 0 fully saturated rings. The van der Waals surface area contributed by atoms with E-state index in [0.717, 1.165) is 18.1 Å². The molecular weight excluding hydrogens is 238 g/mol. The zero-order chi connectivity index (χ0) is 11.4. The van der Waals surface area contributed by atoms with E-state index in [4.69, 9.17) is 11.6 Å². The predicted molar refractivity (Wildman–Crippen MR) is 72.5 cm³/mol. The lowest BCUT2D eigenvalue weighted by atomic mass is 10.2. The summed E-state index contributed by atoms with van der Waals surface area (Å²) in [5, 5.41) is 4.24. The molecule has 0 aliphatic carbocycles. The average molecular weight is 252 g/mol. The van der Waals surface area contributed by atoms with E-state index in [-0.39, 0.29) is 0 Å². The minimum Gasteiger partial charge on any atom is -0.359 e. The van der Waals surface area contributed by atoms with Crippen LogP contribution in [0.1, 0.15) is 12.5 Å². The first-order chi connectivity index (χ1) is 7.81. The second kappa shape index (κ2) is 5.37. The molecular formula is C13H14ClNS. The van der Waals surface area contributed by atoms with Crippen LogP contribution in [0.4, 0.5) is 5.00 Å². The number of benzene rings is 1. The molecule has 0 bridgehead atoms. The van der Waals surface area contributed by atoms with Crippen LogP contribution in [0, 0.1) is 0 Å². The van der Waals surface area contributed by atoms with E-state index in [9.17, 15) is 0 Å². The molecule has 16 heavy (non-hydrogen) atoms. The molecule has 1 heterocycles. The fourth-order valence-electron chi connectivity index (χ4n) is 1.63. The molecule has 0 N–H and O–H groups in total. The van der Waals surface area contributed by atoms with Crippen molar-refractivity contribution in [3.05, 3.63) is 52.4 Å². The van der Waals surface area contributed by atoms with Crippen molar-refractivity contribution in [3.63, 3.8) is 0 Å². The number of hydrogen-bond donors (Lipinski definition) is 0. The normalized spacial score (nSPS) is 10.4. The lowest BCUT2D eigenvalue weighted by Gasteiger charge is -2.21. The van der Waals surface area contributed by atoms with Crippen molar-refractivity contribution in [1.82, 2.24) is 0 Å². The van der Waals surface area contributed by atoms with Crippen LogP contribution in [0.15, 0.2) is 41.8 Å². The zero-order valence-electron chi connectivity index (χ0n) is 9.19. The van der Waals surface area contributed by atoms with Crippen molar-refractivity contribution >= 4 is 27.9 Å². The van der Waals surface area contributed by atoms with E-state index in [0.29, 0.717) is 0 Å². The number of nitrogens with zero attached hydrogens (tertiary/aromatic N) is 1. The molecule has 3 heteroatoms. The molecule has 2 rings (SSSR count). The van der Waals surface area contributed by atoms with Crippen LogP contribution < -0.4 is 4.90 Å². The third-order valence-corrected chi connectivity index (χ3v) is 3.82. The molecule has 84 valence electrons. The first kappa shape index (κ1) is 11.5. The highest BCUT2D eigenvalue weighted by molar-refractivity contribution is 7.14. The van der Waals surface area contributed by atoms with E-state index in [1.165, 1.54) is 10.6 Å². The molecule has 1 aromatic heterocycles. The maximum absolute atomic E-state index is 6.16. The first-order valence-electron chi connectivity index (χ1n) is 5.33. The quantitative estimate of drug-likeness (QED) is 0.777. The van der Waals surface area contributed by atoms with Crippen molar-refractivity contribution in [2.45, 2.75) is 13.5 Å². The maximum Gasteiger partial charge on any atom is 0.0911 e. The highest BCUT2D eigenvalue weighted by Crippen LogP contribution is 2.25. The Kier molecular flexibility index (Phi) is 3.86. The minimum absolute atomic E-state index is 0.845. The van der Waals surface area contributed by atoms with Crippen LogP contribution in [0.3, 0.4) is 0 Å². The summed E-state index contributed by atoms with van der Waals surface area (Å²) in [5.74, 6) is 0. The summed E-state index contributed by atoms with van der Waals surface area (Å²) in [6.07, 6.45) is 0. The van der Waals surface area contributed by atoms with E-state index >= 15 is 0 Å². The number of anilines is 1. The number of thiophene rings is 1. The topological polar surface area (TPSA) is 3.24 Å². The first-order valence-corrected chi connectivity index (χ1v) is 6.59. The molecule has 1 aromatic carbocycles. The molecule has 2 aromatic rings. The average Bonchev–Trinajstić information content (AvgIpc) is 2.81. The van der Waals surface area contributed by atoms with Gasteiger partial charge in [-0.3, -0.25) is 0 Å². The summed E-state index contributed by atoms with van der Waals surface area (Å²) in [6, 6.07) is 12.2. The highest BCUT2D eigenvalue weighted by Gasteiger charge is 2.07. The summed E-state index contributed by atoms with van der Waals surface area (Å²) in [5.41, 5.74) is 1.18. The Bertz CT molecular complexity index is 439. The fourth-order valence-corrected chi connectivity index (χ4v) is 2.62. The van der Waals surface area contributed by atoms with E-state index < -0.39 is 0 Å². The van der Waals surface area contributed by atoms with Gasteiger partial charge in [0.05, 0.1) is 5.00 Å². The summed E-state index contributed by atoms with van der Waals surface area (Å²) in [4.78, 5) is 2.33. The minimum atomic E-state index is 0.845. The van der Waals surface area contributed by atoms with Gasteiger partial charge in [0, 0.05) is 18.1 Å². The lowest BCUT2D eigenvalue weighted by molar-refractivity contribution is 0.841. The number of hydrogen-bond acceptors (Lipinski definition) is 2. The maximum atomic E-state index is 6.16. The molecule has 0 unspecified atom stereocenters. The number of rotatable bonds is 4. The predicted octanol–water partition coefficient (Wildman–Crippen LogP) is 4.43. The van der Waals surface area contributed by atoms with Gasteiger partial charge in [-0.05, 0) is 36.1 Å². The van der Waals surface area contributed by atoms with Crippen LogP contribution >= 0.6 is 22.9 Å². The van der Waals surface area contributed by atoms with E-state index in [1.54, 1.807) is 11.3 Å². The standard InChI is InChI=1S/C13H14ClNS/c1-2-15(13-8-5-9-16-13)10-11-6-3-4-7-12(11)14/h3-9H,2,10H2,1H3. The van der Waals surface area contributed by atoms with E-state index in [2.05, 4.69) is 35.4 Å². The fraction of sp³-hybridized carbons (Fsp3) is 0.231. The summed E-state index contributed by atoms with van der Waals surface area (Å²) in [6.45, 7) is 4.03. The van der Waals surface area contributed by atoms with Gasteiger partial charge in [0.1, 0.15) is 0 Å². The molecule has 0 saturated carbocycles. The summed E-state index contributed by atoms with van der Waals surface area (Å²) in [7, 11) is 0. The Morgan fingerprint density at radius 1 is 1.19 bits per heavy atom. The Hall–Kier alpha value is -0.990. The molecule has 0 spiro atoms. The van der Waals surface area contributed by atoms with Gasteiger partial charge in [0.25, 0.3) is 0 Å². The van der Waals surface area contributed by atoms with Crippen molar-refractivity contribution in [2.24, 2.45) is 0 Å². The van der Waals surface area contributed by atoms with Gasteiger partial charge in [-0.1, -0.05) is 29.8 Å². The van der Waals surface area contributed by atoms with Gasteiger partial charge in [-0.25, -0.2) is 0 Å². The lowest BCUT2D eigenvalue weighted by Crippen LogP contribution is -2.20.